The first-order valence-corrected chi connectivity index (χ1v) is 6.70. The highest BCUT2D eigenvalue weighted by Crippen LogP contribution is 2.18. The zero-order valence-corrected chi connectivity index (χ0v) is 12.0. The molecule has 0 aromatic heterocycles. The predicted molar refractivity (Wildman–Crippen MR) is 76.4 cm³/mol. The number of hydrogen-bond donors (Lipinski definition) is 1. The summed E-state index contributed by atoms with van der Waals surface area (Å²) in [5.41, 5.74) is 1.39. The summed E-state index contributed by atoms with van der Waals surface area (Å²) < 4.78 is 0. The van der Waals surface area contributed by atoms with Crippen LogP contribution in [-0.4, -0.2) is 11.9 Å². The Morgan fingerprint density at radius 3 is 2.39 bits per heavy atom. The van der Waals surface area contributed by atoms with Crippen LogP contribution in [0.2, 0.25) is 0 Å². The molecule has 0 aliphatic rings. The molecule has 1 amide bonds. The van der Waals surface area contributed by atoms with Crippen LogP contribution >= 0.6 is 0 Å². The first-order valence-electron chi connectivity index (χ1n) is 6.70. The fraction of sp³-hybridized carbons (Fsp3) is 0.562. The van der Waals surface area contributed by atoms with Gasteiger partial charge in [-0.05, 0) is 30.7 Å². The third-order valence-electron chi connectivity index (χ3n) is 2.81. The fourth-order valence-corrected chi connectivity index (χ4v) is 1.91. The van der Waals surface area contributed by atoms with Gasteiger partial charge in [0.2, 0.25) is 5.91 Å². The van der Waals surface area contributed by atoms with Crippen molar-refractivity contribution in [3.8, 4) is 0 Å². The molecule has 0 saturated heterocycles. The third kappa shape index (κ3) is 6.43. The Kier molecular flexibility index (Phi) is 5.39. The highest BCUT2D eigenvalue weighted by atomic mass is 16.1. The molecular formula is C16H25NO. The van der Waals surface area contributed by atoms with Crippen LogP contribution in [0.4, 0.5) is 0 Å². The fourth-order valence-electron chi connectivity index (χ4n) is 1.91. The van der Waals surface area contributed by atoms with Crippen LogP contribution in [0.1, 0.15) is 46.1 Å². The second-order valence-corrected chi connectivity index (χ2v) is 6.23. The van der Waals surface area contributed by atoms with Gasteiger partial charge < -0.3 is 5.32 Å². The van der Waals surface area contributed by atoms with Gasteiger partial charge in [0.1, 0.15) is 0 Å². The van der Waals surface area contributed by atoms with Gasteiger partial charge in [-0.2, -0.15) is 0 Å². The van der Waals surface area contributed by atoms with E-state index in [4.69, 9.17) is 0 Å². The largest absolute Gasteiger partial charge is 0.354 e. The summed E-state index contributed by atoms with van der Waals surface area (Å²) >= 11 is 0. The SMILES string of the molecule is CC(CCc1ccccc1)NC(=O)CC(C)(C)C. The number of benzene rings is 1. The molecule has 1 aromatic carbocycles. The predicted octanol–water partition coefficient (Wildman–Crippen LogP) is 3.56. The average Bonchev–Trinajstić information content (AvgIpc) is 2.25. The van der Waals surface area contributed by atoms with Crippen molar-refractivity contribution in [2.75, 3.05) is 0 Å². The zero-order valence-electron chi connectivity index (χ0n) is 12.0. The van der Waals surface area contributed by atoms with Gasteiger partial charge >= 0.3 is 0 Å². The maximum absolute atomic E-state index is 11.8. The monoisotopic (exact) mass is 247 g/mol. The summed E-state index contributed by atoms with van der Waals surface area (Å²) in [5.74, 6) is 0.156. The summed E-state index contributed by atoms with van der Waals surface area (Å²) in [7, 11) is 0. The van der Waals surface area contributed by atoms with Crippen LogP contribution in [0.25, 0.3) is 0 Å². The molecule has 2 nitrogen and oxygen atoms in total. The first-order chi connectivity index (χ1) is 8.37. The van der Waals surface area contributed by atoms with E-state index in [1.165, 1.54) is 5.56 Å². The molecule has 0 aliphatic heterocycles. The Bertz CT molecular complexity index is 364. The van der Waals surface area contributed by atoms with Gasteiger partial charge in [-0.3, -0.25) is 4.79 Å². The van der Waals surface area contributed by atoms with Crippen LogP contribution in [0.5, 0.6) is 0 Å². The van der Waals surface area contributed by atoms with Crippen LogP contribution in [-0.2, 0) is 11.2 Å². The van der Waals surface area contributed by atoms with E-state index in [2.05, 4.69) is 57.3 Å². The molecular weight excluding hydrogens is 222 g/mol. The molecule has 1 atom stereocenters. The molecule has 0 bridgehead atoms. The minimum absolute atomic E-state index is 0.0588. The molecule has 0 saturated carbocycles. The lowest BCUT2D eigenvalue weighted by Crippen LogP contribution is -2.35. The molecule has 0 fully saturated rings. The Hall–Kier alpha value is -1.31. The number of nitrogens with one attached hydrogen (secondary N) is 1. The highest BCUT2D eigenvalue weighted by molar-refractivity contribution is 5.76. The molecule has 0 radical (unpaired) electrons. The van der Waals surface area contributed by atoms with Crippen LogP contribution < -0.4 is 5.32 Å². The van der Waals surface area contributed by atoms with Crippen molar-refractivity contribution in [1.29, 1.82) is 0 Å². The number of aryl methyl sites for hydroxylation is 1. The zero-order chi connectivity index (χ0) is 13.6. The first kappa shape index (κ1) is 14.7. The molecule has 1 aromatic rings. The van der Waals surface area contributed by atoms with Crippen molar-refractivity contribution >= 4 is 5.91 Å². The number of rotatable bonds is 5. The van der Waals surface area contributed by atoms with Gasteiger partial charge in [0.15, 0.2) is 0 Å². The van der Waals surface area contributed by atoms with Crippen molar-refractivity contribution in [2.45, 2.75) is 53.0 Å². The van der Waals surface area contributed by atoms with E-state index < -0.39 is 0 Å². The van der Waals surface area contributed by atoms with Crippen molar-refractivity contribution < 1.29 is 4.79 Å². The van der Waals surface area contributed by atoms with E-state index in [0.717, 1.165) is 12.8 Å². The highest BCUT2D eigenvalue weighted by Gasteiger charge is 2.17. The van der Waals surface area contributed by atoms with E-state index >= 15 is 0 Å². The van der Waals surface area contributed by atoms with Gasteiger partial charge in [-0.25, -0.2) is 0 Å². The van der Waals surface area contributed by atoms with Crippen molar-refractivity contribution in [1.82, 2.24) is 5.32 Å². The second kappa shape index (κ2) is 6.58. The molecule has 1 N–H and O–H groups in total. The maximum atomic E-state index is 11.8. The standard InChI is InChI=1S/C16H25NO/c1-13(17-15(18)12-16(2,3)4)10-11-14-8-6-5-7-9-14/h5-9,13H,10-12H2,1-4H3,(H,17,18). The van der Waals surface area contributed by atoms with E-state index in [1.807, 2.05) is 6.07 Å². The Labute approximate surface area is 111 Å². The minimum Gasteiger partial charge on any atom is -0.354 e. The van der Waals surface area contributed by atoms with Crippen molar-refractivity contribution in [2.24, 2.45) is 5.41 Å². The molecule has 2 heteroatoms. The quantitative estimate of drug-likeness (QED) is 0.847. The van der Waals surface area contributed by atoms with Crippen molar-refractivity contribution in [3.63, 3.8) is 0 Å². The van der Waals surface area contributed by atoms with E-state index in [-0.39, 0.29) is 17.4 Å². The molecule has 0 heterocycles. The Morgan fingerprint density at radius 1 is 1.22 bits per heavy atom. The Morgan fingerprint density at radius 2 is 1.83 bits per heavy atom. The van der Waals surface area contributed by atoms with Gasteiger partial charge in [-0.1, -0.05) is 51.1 Å². The summed E-state index contributed by atoms with van der Waals surface area (Å²) in [6.07, 6.45) is 2.58. The van der Waals surface area contributed by atoms with Gasteiger partial charge in [0, 0.05) is 12.5 Å². The number of carbonyl (C=O) groups is 1. The van der Waals surface area contributed by atoms with Crippen LogP contribution in [0, 0.1) is 5.41 Å². The topological polar surface area (TPSA) is 29.1 Å². The van der Waals surface area contributed by atoms with Crippen LogP contribution in [0.3, 0.4) is 0 Å². The Balaban J connectivity index is 2.29. The third-order valence-corrected chi connectivity index (χ3v) is 2.81. The molecule has 18 heavy (non-hydrogen) atoms. The lowest BCUT2D eigenvalue weighted by molar-refractivity contribution is -0.123. The number of carbonyl (C=O) groups excluding carboxylic acids is 1. The van der Waals surface area contributed by atoms with Crippen LogP contribution in [0.15, 0.2) is 30.3 Å². The maximum Gasteiger partial charge on any atom is 0.220 e. The van der Waals surface area contributed by atoms with E-state index in [0.29, 0.717) is 6.42 Å². The van der Waals surface area contributed by atoms with Crippen molar-refractivity contribution in [3.05, 3.63) is 35.9 Å². The molecule has 0 spiro atoms. The number of amides is 1. The molecule has 1 unspecified atom stereocenters. The smallest absolute Gasteiger partial charge is 0.220 e. The molecule has 1 rings (SSSR count). The second-order valence-electron chi connectivity index (χ2n) is 6.23. The lowest BCUT2D eigenvalue weighted by atomic mass is 9.92. The summed E-state index contributed by atoms with van der Waals surface area (Å²) in [4.78, 5) is 11.8. The minimum atomic E-state index is 0.0588. The lowest BCUT2D eigenvalue weighted by Gasteiger charge is -2.20. The molecule has 100 valence electrons. The summed E-state index contributed by atoms with van der Waals surface area (Å²) in [5, 5.41) is 3.07. The summed E-state index contributed by atoms with van der Waals surface area (Å²) in [6.45, 7) is 8.33. The average molecular weight is 247 g/mol. The van der Waals surface area contributed by atoms with E-state index in [9.17, 15) is 4.79 Å². The summed E-state index contributed by atoms with van der Waals surface area (Å²) in [6, 6.07) is 10.6. The van der Waals surface area contributed by atoms with Gasteiger partial charge in [0.25, 0.3) is 0 Å². The normalized spacial score (nSPS) is 13.1. The van der Waals surface area contributed by atoms with E-state index in [1.54, 1.807) is 0 Å². The molecule has 0 aliphatic carbocycles. The van der Waals surface area contributed by atoms with Gasteiger partial charge in [0.05, 0.1) is 0 Å². The van der Waals surface area contributed by atoms with Gasteiger partial charge in [-0.15, -0.1) is 0 Å². The number of hydrogen-bond acceptors (Lipinski definition) is 1.